The van der Waals surface area contributed by atoms with Crippen LogP contribution >= 0.6 is 11.8 Å². The number of carbonyl (C=O) groups excluding carboxylic acids is 4. The lowest BCUT2D eigenvalue weighted by Crippen LogP contribution is -2.54. The lowest BCUT2D eigenvalue weighted by atomic mass is 10.0. The van der Waals surface area contributed by atoms with Crippen molar-refractivity contribution in [3.8, 4) is 0 Å². The molecule has 0 aromatic heterocycles. The molecule has 2 saturated heterocycles. The molecule has 3 heterocycles. The third-order valence-electron chi connectivity index (χ3n) is 4.74. The number of benzene rings is 1. The van der Waals surface area contributed by atoms with Crippen molar-refractivity contribution in [2.75, 3.05) is 13.1 Å². The molecule has 4 amide bonds. The topological polar surface area (TPSA) is 95.6 Å². The van der Waals surface area contributed by atoms with Crippen molar-refractivity contribution < 1.29 is 19.2 Å². The van der Waals surface area contributed by atoms with E-state index in [0.717, 1.165) is 29.3 Å². The molecule has 2 fully saturated rings. The Bertz CT molecular complexity index is 788. The molecular weight excluding hydrogens is 342 g/mol. The van der Waals surface area contributed by atoms with Gasteiger partial charge in [0, 0.05) is 23.1 Å². The van der Waals surface area contributed by atoms with Crippen LogP contribution in [0, 0.1) is 0 Å². The minimum Gasteiger partial charge on any atom is -0.316 e. The van der Waals surface area contributed by atoms with Crippen LogP contribution in [0.25, 0.3) is 0 Å². The Balaban J connectivity index is 1.65. The minimum atomic E-state index is -0.920. The van der Waals surface area contributed by atoms with Gasteiger partial charge in [0.2, 0.25) is 11.8 Å². The molecule has 2 N–H and O–H groups in total. The lowest BCUT2D eigenvalue weighted by molar-refractivity contribution is -0.136. The van der Waals surface area contributed by atoms with E-state index in [1.54, 1.807) is 23.9 Å². The average molecular weight is 359 g/mol. The molecule has 2 atom stereocenters. The molecule has 25 heavy (non-hydrogen) atoms. The molecule has 1 aromatic carbocycles. The predicted octanol–water partition coefficient (Wildman–Crippen LogP) is 0.542. The fraction of sp³-hybridized carbons (Fsp3) is 0.412. The molecule has 8 heteroatoms. The maximum absolute atomic E-state index is 12.9. The van der Waals surface area contributed by atoms with Crippen molar-refractivity contribution in [3.63, 3.8) is 0 Å². The molecule has 4 rings (SSSR count). The van der Waals surface area contributed by atoms with Gasteiger partial charge in [-0.05, 0) is 31.5 Å². The molecule has 3 aliphatic heterocycles. The van der Waals surface area contributed by atoms with E-state index in [9.17, 15) is 19.2 Å². The Morgan fingerprint density at radius 3 is 2.64 bits per heavy atom. The normalized spacial score (nSPS) is 26.2. The fourth-order valence-corrected chi connectivity index (χ4v) is 4.76. The first-order valence-corrected chi connectivity index (χ1v) is 9.16. The maximum atomic E-state index is 12.9. The standard InChI is InChI=1S/C17H17N3O4S/c21-13-5-4-11(15(22)19-13)20-16(23)10-2-1-3-12(14(10)17(20)24)25-9-6-7-18-8-9/h1-3,9,11,18H,4-8H2,(H,19,21,22). The van der Waals surface area contributed by atoms with Gasteiger partial charge in [-0.3, -0.25) is 29.4 Å². The summed E-state index contributed by atoms with van der Waals surface area (Å²) in [7, 11) is 0. The first kappa shape index (κ1) is 16.3. The number of thioether (sulfide) groups is 1. The largest absolute Gasteiger partial charge is 0.316 e. The number of fused-ring (bicyclic) bond motifs is 1. The van der Waals surface area contributed by atoms with E-state index < -0.39 is 23.8 Å². The van der Waals surface area contributed by atoms with Crippen LogP contribution in [-0.2, 0) is 9.59 Å². The van der Waals surface area contributed by atoms with Crippen molar-refractivity contribution in [2.24, 2.45) is 0 Å². The Labute approximate surface area is 148 Å². The van der Waals surface area contributed by atoms with Crippen molar-refractivity contribution in [3.05, 3.63) is 29.3 Å². The van der Waals surface area contributed by atoms with Crippen LogP contribution in [0.1, 0.15) is 40.0 Å². The summed E-state index contributed by atoms with van der Waals surface area (Å²) in [5, 5.41) is 5.85. The second-order valence-corrected chi connectivity index (χ2v) is 7.70. The molecular formula is C17H17N3O4S. The summed E-state index contributed by atoms with van der Waals surface area (Å²) in [6.07, 6.45) is 1.30. The molecule has 0 bridgehead atoms. The quantitative estimate of drug-likeness (QED) is 0.765. The van der Waals surface area contributed by atoms with E-state index in [1.807, 2.05) is 6.07 Å². The van der Waals surface area contributed by atoms with Gasteiger partial charge in [-0.1, -0.05) is 6.07 Å². The molecule has 130 valence electrons. The molecule has 0 saturated carbocycles. The highest BCUT2D eigenvalue weighted by atomic mass is 32.2. The van der Waals surface area contributed by atoms with Gasteiger partial charge in [-0.25, -0.2) is 0 Å². The molecule has 1 aromatic rings. The Hall–Kier alpha value is -2.19. The third kappa shape index (κ3) is 2.75. The summed E-state index contributed by atoms with van der Waals surface area (Å²) in [5.74, 6) is -1.85. The number of nitrogens with zero attached hydrogens (tertiary/aromatic N) is 1. The van der Waals surface area contributed by atoms with Gasteiger partial charge in [-0.15, -0.1) is 11.8 Å². The zero-order valence-electron chi connectivity index (χ0n) is 13.4. The van der Waals surface area contributed by atoms with Crippen molar-refractivity contribution in [2.45, 2.75) is 35.4 Å². The summed E-state index contributed by atoms with van der Waals surface area (Å²) >= 11 is 1.60. The average Bonchev–Trinajstić information content (AvgIpc) is 3.17. The SMILES string of the molecule is O=C1CCC(N2C(=O)c3cccc(SC4CCNC4)c3C2=O)C(=O)N1. The Morgan fingerprint density at radius 1 is 1.08 bits per heavy atom. The summed E-state index contributed by atoms with van der Waals surface area (Å²) in [5.41, 5.74) is 0.722. The number of rotatable bonds is 3. The highest BCUT2D eigenvalue weighted by molar-refractivity contribution is 8.00. The number of imide groups is 2. The summed E-state index contributed by atoms with van der Waals surface area (Å²) in [6, 6.07) is 4.32. The molecule has 7 nitrogen and oxygen atoms in total. The van der Waals surface area contributed by atoms with Gasteiger partial charge in [0.15, 0.2) is 0 Å². The van der Waals surface area contributed by atoms with E-state index in [-0.39, 0.29) is 18.7 Å². The van der Waals surface area contributed by atoms with E-state index >= 15 is 0 Å². The van der Waals surface area contributed by atoms with Crippen molar-refractivity contribution in [1.82, 2.24) is 15.5 Å². The monoisotopic (exact) mass is 359 g/mol. The third-order valence-corrected chi connectivity index (χ3v) is 6.07. The number of piperidine rings is 1. The first-order chi connectivity index (χ1) is 12.1. The molecule has 3 aliphatic rings. The smallest absolute Gasteiger partial charge is 0.263 e. The van der Waals surface area contributed by atoms with Crippen LogP contribution in [0.4, 0.5) is 0 Å². The number of carbonyl (C=O) groups is 4. The minimum absolute atomic E-state index is 0.124. The fourth-order valence-electron chi connectivity index (χ4n) is 3.49. The highest BCUT2D eigenvalue weighted by Gasteiger charge is 2.45. The predicted molar refractivity (Wildman–Crippen MR) is 90.2 cm³/mol. The van der Waals surface area contributed by atoms with Crippen LogP contribution in [0.5, 0.6) is 0 Å². The van der Waals surface area contributed by atoms with Crippen LogP contribution in [0.15, 0.2) is 23.1 Å². The van der Waals surface area contributed by atoms with E-state index in [1.165, 1.54) is 0 Å². The van der Waals surface area contributed by atoms with Gasteiger partial charge in [-0.2, -0.15) is 0 Å². The number of amides is 4. The van der Waals surface area contributed by atoms with Crippen molar-refractivity contribution in [1.29, 1.82) is 0 Å². The number of nitrogens with one attached hydrogen (secondary N) is 2. The zero-order valence-corrected chi connectivity index (χ0v) is 14.2. The van der Waals surface area contributed by atoms with E-state index in [0.29, 0.717) is 16.4 Å². The Kier molecular flexibility index (Phi) is 4.09. The van der Waals surface area contributed by atoms with Crippen LogP contribution in [0.2, 0.25) is 0 Å². The first-order valence-electron chi connectivity index (χ1n) is 8.28. The van der Waals surface area contributed by atoms with Crippen molar-refractivity contribution >= 4 is 35.4 Å². The van der Waals surface area contributed by atoms with Gasteiger partial charge in [0.05, 0.1) is 11.1 Å². The lowest BCUT2D eigenvalue weighted by Gasteiger charge is -2.27. The number of hydrogen-bond acceptors (Lipinski definition) is 6. The summed E-state index contributed by atoms with van der Waals surface area (Å²) in [4.78, 5) is 50.9. The van der Waals surface area contributed by atoms with Gasteiger partial charge in [0.25, 0.3) is 11.8 Å². The molecule has 0 aliphatic carbocycles. The Morgan fingerprint density at radius 2 is 1.92 bits per heavy atom. The van der Waals surface area contributed by atoms with Crippen LogP contribution in [0.3, 0.4) is 0 Å². The highest BCUT2D eigenvalue weighted by Crippen LogP contribution is 2.37. The van der Waals surface area contributed by atoms with Crippen LogP contribution < -0.4 is 10.6 Å². The summed E-state index contributed by atoms with van der Waals surface area (Å²) < 4.78 is 0. The van der Waals surface area contributed by atoms with Crippen LogP contribution in [-0.4, -0.2) is 52.9 Å². The molecule has 2 unspecified atom stereocenters. The summed E-state index contributed by atoms with van der Waals surface area (Å²) in [6.45, 7) is 1.81. The maximum Gasteiger partial charge on any atom is 0.263 e. The number of hydrogen-bond donors (Lipinski definition) is 2. The van der Waals surface area contributed by atoms with Gasteiger partial charge >= 0.3 is 0 Å². The second kappa shape index (κ2) is 6.27. The van der Waals surface area contributed by atoms with E-state index in [4.69, 9.17) is 0 Å². The molecule has 0 spiro atoms. The molecule has 0 radical (unpaired) electrons. The second-order valence-electron chi connectivity index (χ2n) is 6.36. The van der Waals surface area contributed by atoms with E-state index in [2.05, 4.69) is 10.6 Å². The van der Waals surface area contributed by atoms with Gasteiger partial charge in [0.1, 0.15) is 6.04 Å². The zero-order chi connectivity index (χ0) is 17.6. The van der Waals surface area contributed by atoms with Gasteiger partial charge < -0.3 is 5.32 Å².